The molecule has 0 amide bonds. The minimum Gasteiger partial charge on any atom is -0.317 e. The third kappa shape index (κ3) is 1.75. The van der Waals surface area contributed by atoms with Gasteiger partial charge in [0.25, 0.3) is 15.2 Å². The summed E-state index contributed by atoms with van der Waals surface area (Å²) >= 11 is 0. The molecule has 0 aromatic carbocycles. The van der Waals surface area contributed by atoms with E-state index in [-0.39, 0.29) is 5.16 Å². The smallest absolute Gasteiger partial charge is 0.276 e. The highest BCUT2D eigenvalue weighted by Gasteiger charge is 2.14. The van der Waals surface area contributed by atoms with Crippen LogP contribution in [0.5, 0.6) is 0 Å². The van der Waals surface area contributed by atoms with Crippen molar-refractivity contribution < 1.29 is 8.42 Å². The fourth-order valence-electron chi connectivity index (χ4n) is 0.584. The van der Waals surface area contributed by atoms with Crippen LogP contribution in [0.2, 0.25) is 0 Å². The molecule has 0 radical (unpaired) electrons. The maximum Gasteiger partial charge on any atom is 0.276 e. The van der Waals surface area contributed by atoms with Gasteiger partial charge in [0.05, 0.1) is 0 Å². The van der Waals surface area contributed by atoms with Crippen LogP contribution in [0.3, 0.4) is 0 Å². The van der Waals surface area contributed by atoms with Crippen molar-refractivity contribution in [1.82, 2.24) is 19.9 Å². The van der Waals surface area contributed by atoms with Crippen molar-refractivity contribution in [2.24, 2.45) is 0 Å². The molecule has 0 aliphatic heterocycles. The predicted octanol–water partition coefficient (Wildman–Crippen LogP) is -0.897. The Morgan fingerprint density at radius 1 is 1.73 bits per heavy atom. The Morgan fingerprint density at radius 2 is 2.45 bits per heavy atom. The minimum absolute atomic E-state index is 0.153. The van der Waals surface area contributed by atoms with Crippen LogP contribution >= 0.6 is 0 Å². The zero-order valence-electron chi connectivity index (χ0n) is 5.90. The average Bonchev–Trinajstić information content (AvgIpc) is 2.37. The first-order valence-corrected chi connectivity index (χ1v) is 4.51. The van der Waals surface area contributed by atoms with E-state index in [2.05, 4.69) is 19.9 Å². The number of rotatable bonds is 3. The lowest BCUT2D eigenvalue weighted by molar-refractivity contribution is 0.575. The van der Waals surface area contributed by atoms with Crippen molar-refractivity contribution in [3.05, 3.63) is 6.33 Å². The fourth-order valence-corrected chi connectivity index (χ4v) is 1.46. The molecule has 2 N–H and O–H groups in total. The van der Waals surface area contributed by atoms with E-state index in [1.54, 1.807) is 6.92 Å². The molecule has 0 saturated carbocycles. The number of aromatic nitrogens is 3. The Balaban J connectivity index is 2.92. The van der Waals surface area contributed by atoms with Gasteiger partial charge >= 0.3 is 0 Å². The molecule has 0 aliphatic rings. The lowest BCUT2D eigenvalue weighted by Crippen LogP contribution is -2.24. The molecule has 62 valence electrons. The first-order valence-electron chi connectivity index (χ1n) is 3.02. The van der Waals surface area contributed by atoms with Crippen molar-refractivity contribution in [3.63, 3.8) is 0 Å². The summed E-state index contributed by atoms with van der Waals surface area (Å²) in [4.78, 5) is 2.39. The first kappa shape index (κ1) is 8.15. The minimum atomic E-state index is -3.45. The fraction of sp³-hybridized carbons (Fsp3) is 0.500. The van der Waals surface area contributed by atoms with Gasteiger partial charge in [-0.1, -0.05) is 6.92 Å². The molecular formula is C4H8N4O2S. The first-order chi connectivity index (χ1) is 5.17. The summed E-state index contributed by atoms with van der Waals surface area (Å²) in [5.41, 5.74) is 0. The molecule has 11 heavy (non-hydrogen) atoms. The second kappa shape index (κ2) is 2.97. The summed E-state index contributed by atoms with van der Waals surface area (Å²) in [6.07, 6.45) is 1.21. The molecule has 0 fully saturated rings. The summed E-state index contributed by atoms with van der Waals surface area (Å²) in [7, 11) is -3.45. The van der Waals surface area contributed by atoms with Crippen molar-refractivity contribution in [2.75, 3.05) is 6.54 Å². The molecule has 0 aliphatic carbocycles. The van der Waals surface area contributed by atoms with Crippen molar-refractivity contribution >= 4 is 10.0 Å². The quantitative estimate of drug-likeness (QED) is 0.625. The average molecular weight is 176 g/mol. The number of sulfonamides is 1. The van der Waals surface area contributed by atoms with Gasteiger partial charge in [-0.2, -0.15) is 0 Å². The Morgan fingerprint density at radius 3 is 2.91 bits per heavy atom. The summed E-state index contributed by atoms with van der Waals surface area (Å²) in [6, 6.07) is 0. The third-order valence-electron chi connectivity index (χ3n) is 0.983. The van der Waals surface area contributed by atoms with E-state index >= 15 is 0 Å². The highest BCUT2D eigenvalue weighted by atomic mass is 32.2. The van der Waals surface area contributed by atoms with Crippen LogP contribution < -0.4 is 4.72 Å². The van der Waals surface area contributed by atoms with E-state index < -0.39 is 10.0 Å². The molecule has 6 nitrogen and oxygen atoms in total. The molecule has 0 saturated heterocycles. The van der Waals surface area contributed by atoms with Gasteiger partial charge in [-0.05, 0) is 0 Å². The molecule has 0 unspecified atom stereocenters. The zero-order valence-corrected chi connectivity index (χ0v) is 6.72. The number of aromatic amines is 1. The van der Waals surface area contributed by atoms with Gasteiger partial charge in [0.15, 0.2) is 0 Å². The summed E-state index contributed by atoms with van der Waals surface area (Å²) in [5, 5.41) is 6.54. The summed E-state index contributed by atoms with van der Waals surface area (Å²) < 4.78 is 24.4. The Kier molecular flexibility index (Phi) is 2.20. The largest absolute Gasteiger partial charge is 0.317 e. The van der Waals surface area contributed by atoms with Gasteiger partial charge in [-0.15, -0.1) is 10.2 Å². The highest BCUT2D eigenvalue weighted by molar-refractivity contribution is 7.89. The van der Waals surface area contributed by atoms with Crippen molar-refractivity contribution in [3.8, 4) is 0 Å². The summed E-state index contributed by atoms with van der Waals surface area (Å²) in [6.45, 7) is 2.02. The van der Waals surface area contributed by atoms with Gasteiger partial charge in [0, 0.05) is 6.54 Å². The normalized spacial score (nSPS) is 11.7. The maximum atomic E-state index is 11.0. The van der Waals surface area contributed by atoms with Crippen LogP contribution in [0, 0.1) is 0 Å². The van der Waals surface area contributed by atoms with Crippen molar-refractivity contribution in [2.45, 2.75) is 12.1 Å². The molecule has 1 heterocycles. The van der Waals surface area contributed by atoms with E-state index in [4.69, 9.17) is 0 Å². The molecule has 0 atom stereocenters. The van der Waals surface area contributed by atoms with Crippen molar-refractivity contribution in [1.29, 1.82) is 0 Å². The molecule has 1 aromatic heterocycles. The number of H-pyrrole nitrogens is 1. The Labute approximate surface area is 64.1 Å². The van der Waals surface area contributed by atoms with Gasteiger partial charge in [-0.3, -0.25) is 0 Å². The SMILES string of the molecule is CCNS(=O)(=O)c1nnc[nH]1. The van der Waals surface area contributed by atoms with E-state index in [9.17, 15) is 8.42 Å². The lowest BCUT2D eigenvalue weighted by Gasteiger charge is -1.97. The number of hydrogen-bond acceptors (Lipinski definition) is 4. The van der Waals surface area contributed by atoms with Crippen LogP contribution in [0.1, 0.15) is 6.92 Å². The number of nitrogens with one attached hydrogen (secondary N) is 2. The van der Waals surface area contributed by atoms with E-state index in [0.29, 0.717) is 6.54 Å². The molecule has 7 heteroatoms. The molecule has 1 aromatic rings. The topological polar surface area (TPSA) is 87.7 Å². The van der Waals surface area contributed by atoms with E-state index in [0.717, 1.165) is 0 Å². The molecule has 1 rings (SSSR count). The second-order valence-corrected chi connectivity index (χ2v) is 3.48. The third-order valence-corrected chi connectivity index (χ3v) is 2.36. The Hall–Kier alpha value is -0.950. The Bertz CT molecular complexity index is 303. The second-order valence-electron chi connectivity index (χ2n) is 1.80. The predicted molar refractivity (Wildman–Crippen MR) is 37.2 cm³/mol. The van der Waals surface area contributed by atoms with E-state index in [1.165, 1.54) is 6.33 Å². The van der Waals surface area contributed by atoms with E-state index in [1.807, 2.05) is 0 Å². The number of nitrogens with zero attached hydrogens (tertiary/aromatic N) is 2. The standard InChI is InChI=1S/C4H8N4O2S/c1-2-7-11(9,10)4-5-3-6-8-4/h3,7H,2H2,1H3,(H,5,6,8). The van der Waals surface area contributed by atoms with Gasteiger partial charge in [0.2, 0.25) is 0 Å². The maximum absolute atomic E-state index is 11.0. The zero-order chi connectivity index (χ0) is 8.32. The van der Waals surface area contributed by atoms with Crippen LogP contribution in [0.4, 0.5) is 0 Å². The molecular weight excluding hydrogens is 168 g/mol. The molecule has 0 bridgehead atoms. The monoisotopic (exact) mass is 176 g/mol. The summed E-state index contributed by atoms with van der Waals surface area (Å²) in [5.74, 6) is 0. The van der Waals surface area contributed by atoms with Crippen LogP contribution in [-0.4, -0.2) is 30.1 Å². The lowest BCUT2D eigenvalue weighted by atomic mass is 10.8. The van der Waals surface area contributed by atoms with Gasteiger partial charge in [-0.25, -0.2) is 13.1 Å². The van der Waals surface area contributed by atoms with Crippen LogP contribution in [0.15, 0.2) is 11.5 Å². The number of hydrogen-bond donors (Lipinski definition) is 2. The highest BCUT2D eigenvalue weighted by Crippen LogP contribution is 1.95. The van der Waals surface area contributed by atoms with Gasteiger partial charge in [0.1, 0.15) is 6.33 Å². The molecule has 0 spiro atoms. The van der Waals surface area contributed by atoms with Gasteiger partial charge < -0.3 is 4.98 Å². The van der Waals surface area contributed by atoms with Crippen LogP contribution in [-0.2, 0) is 10.0 Å². The van der Waals surface area contributed by atoms with Crippen LogP contribution in [0.25, 0.3) is 0 Å².